The summed E-state index contributed by atoms with van der Waals surface area (Å²) in [4.78, 5) is 39.5. The van der Waals surface area contributed by atoms with Gasteiger partial charge in [0.2, 0.25) is 5.88 Å². The Morgan fingerprint density at radius 3 is 2.85 bits per heavy atom. The monoisotopic (exact) mass is 595 g/mol. The largest absolute Gasteiger partial charge is 0.487 e. The Kier molecular flexibility index (Phi) is 6.89. The van der Waals surface area contributed by atoms with Crippen molar-refractivity contribution in [3.05, 3.63) is 69.5 Å². The molecule has 3 aromatic carbocycles. The number of methoxy groups -OCH3 is 1. The molecule has 0 unspecified atom stereocenters. The van der Waals surface area contributed by atoms with Crippen molar-refractivity contribution >= 4 is 67.1 Å². The Labute approximate surface area is 238 Å². The first-order valence-electron chi connectivity index (χ1n) is 12.1. The Bertz CT molecular complexity index is 2020. The number of fused-ring (bicyclic) bond motifs is 3. The van der Waals surface area contributed by atoms with Gasteiger partial charge >= 0.3 is 11.8 Å². The number of aromatic amines is 1. The molecule has 208 valence electrons. The summed E-state index contributed by atoms with van der Waals surface area (Å²) in [5, 5.41) is 2.92. The molecule has 0 aliphatic heterocycles. The van der Waals surface area contributed by atoms with E-state index in [0.717, 1.165) is 11.1 Å². The number of thiazole rings is 1. The molecule has 3 heterocycles. The third kappa shape index (κ3) is 5.24. The van der Waals surface area contributed by atoms with Crippen molar-refractivity contribution in [3.63, 3.8) is 0 Å². The number of carbonyl (C=O) groups excluding carboxylic acids is 1. The van der Waals surface area contributed by atoms with Gasteiger partial charge in [-0.25, -0.2) is 28.9 Å². The molecule has 0 aliphatic carbocycles. The number of halogens is 2. The van der Waals surface area contributed by atoms with Gasteiger partial charge in [-0.15, -0.1) is 11.3 Å². The van der Waals surface area contributed by atoms with E-state index < -0.39 is 17.7 Å². The van der Waals surface area contributed by atoms with Crippen molar-refractivity contribution < 1.29 is 27.8 Å². The van der Waals surface area contributed by atoms with E-state index in [2.05, 4.69) is 25.3 Å². The molecular formula is C27H19ClFN5O6S. The molecule has 0 saturated carbocycles. The zero-order chi connectivity index (χ0) is 28.7. The number of hydrogen-bond acceptors (Lipinski definition) is 10. The molecule has 2 N–H and O–H groups in total. The van der Waals surface area contributed by atoms with Crippen LogP contribution in [-0.2, 0) is 4.74 Å². The van der Waals surface area contributed by atoms with E-state index in [9.17, 15) is 9.59 Å². The zero-order valence-corrected chi connectivity index (χ0v) is 23.0. The minimum atomic E-state index is -0.777. The van der Waals surface area contributed by atoms with Crippen LogP contribution in [0.25, 0.3) is 42.9 Å². The number of carbonyl (C=O) groups is 1. The summed E-state index contributed by atoms with van der Waals surface area (Å²) in [6, 6.07) is 9.96. The van der Waals surface area contributed by atoms with E-state index in [-0.39, 0.29) is 29.6 Å². The fourth-order valence-electron chi connectivity index (χ4n) is 4.17. The number of aryl methyl sites for hydroxylation is 1. The van der Waals surface area contributed by atoms with Crippen molar-refractivity contribution in [3.8, 4) is 22.2 Å². The summed E-state index contributed by atoms with van der Waals surface area (Å²) in [6.45, 7) is 1.62. The molecule has 6 aromatic rings. The van der Waals surface area contributed by atoms with Crippen LogP contribution in [0.3, 0.4) is 0 Å². The molecule has 0 bridgehead atoms. The molecule has 1 amide bonds. The summed E-state index contributed by atoms with van der Waals surface area (Å²) in [5.74, 6) is -1.09. The average molecular weight is 596 g/mol. The maximum absolute atomic E-state index is 15.1. The lowest BCUT2D eigenvalue weighted by atomic mass is 10.1. The van der Waals surface area contributed by atoms with Crippen LogP contribution in [0.2, 0.25) is 5.02 Å². The smallest absolute Gasteiger partial charge is 0.417 e. The van der Waals surface area contributed by atoms with E-state index >= 15 is 4.39 Å². The average Bonchev–Trinajstić information content (AvgIpc) is 3.55. The van der Waals surface area contributed by atoms with Crippen LogP contribution in [0.15, 0.2) is 51.8 Å². The lowest BCUT2D eigenvalue weighted by Crippen LogP contribution is -2.17. The quantitative estimate of drug-likeness (QED) is 0.210. The minimum absolute atomic E-state index is 0.103. The summed E-state index contributed by atoms with van der Waals surface area (Å²) in [7, 11) is 1.52. The Hall–Kier alpha value is -4.75. The third-order valence-corrected chi connectivity index (χ3v) is 7.36. The fourth-order valence-corrected chi connectivity index (χ4v) is 5.49. The number of amides is 1. The van der Waals surface area contributed by atoms with E-state index in [4.69, 9.17) is 30.2 Å². The van der Waals surface area contributed by atoms with Crippen LogP contribution in [0.5, 0.6) is 11.6 Å². The summed E-state index contributed by atoms with van der Waals surface area (Å²) < 4.78 is 36.5. The number of nitrogens with zero attached hydrogens (tertiary/aromatic N) is 3. The highest BCUT2D eigenvalue weighted by Crippen LogP contribution is 2.40. The van der Waals surface area contributed by atoms with Crippen molar-refractivity contribution in [2.75, 3.05) is 25.6 Å². The number of oxazole rings is 1. The van der Waals surface area contributed by atoms with Gasteiger partial charge in [-0.1, -0.05) is 11.6 Å². The van der Waals surface area contributed by atoms with Crippen LogP contribution in [0, 0.1) is 12.7 Å². The molecule has 0 spiro atoms. The fraction of sp³-hybridized carbons (Fsp3) is 0.148. The number of ether oxygens (including phenoxy) is 3. The summed E-state index contributed by atoms with van der Waals surface area (Å²) in [5.41, 5.74) is 4.37. The molecule has 0 fully saturated rings. The van der Waals surface area contributed by atoms with E-state index in [0.29, 0.717) is 43.3 Å². The van der Waals surface area contributed by atoms with Gasteiger partial charge in [0.05, 0.1) is 34.6 Å². The van der Waals surface area contributed by atoms with Gasteiger partial charge in [-0.05, 0) is 36.8 Å². The molecule has 11 nitrogen and oxygen atoms in total. The summed E-state index contributed by atoms with van der Waals surface area (Å²) in [6.07, 6.45) is 0.757. The minimum Gasteiger partial charge on any atom is -0.487 e. The van der Waals surface area contributed by atoms with Crippen LogP contribution < -0.4 is 20.5 Å². The van der Waals surface area contributed by atoms with Gasteiger partial charge in [0.15, 0.2) is 17.1 Å². The van der Waals surface area contributed by atoms with Crippen LogP contribution in [0.4, 0.5) is 14.9 Å². The standard InChI is InChI=1S/C27H19ClFN5O6S/c1-12-7-14(23-16(8-12)32-20(37-2)11-30-23)25-34-24-19(41-25)10-18(22(29)21(24)28)38-5-6-39-26(35)31-13-3-4-15-17(9-13)40-27(36)33-15/h3-4,7-11H,5-6H2,1-2H3,(H,31,35)(H,33,36). The van der Waals surface area contributed by atoms with Gasteiger partial charge < -0.3 is 18.6 Å². The van der Waals surface area contributed by atoms with Gasteiger partial charge in [-0.2, -0.15) is 0 Å². The molecular weight excluding hydrogens is 577 g/mol. The maximum Gasteiger partial charge on any atom is 0.417 e. The van der Waals surface area contributed by atoms with Crippen LogP contribution in [-0.4, -0.2) is 46.4 Å². The number of benzene rings is 3. The molecule has 0 aliphatic rings. The van der Waals surface area contributed by atoms with Crippen molar-refractivity contribution in [2.45, 2.75) is 6.92 Å². The lowest BCUT2D eigenvalue weighted by molar-refractivity contribution is 0.136. The number of anilines is 1. The molecule has 0 saturated heterocycles. The second-order valence-electron chi connectivity index (χ2n) is 8.80. The Balaban J connectivity index is 1.16. The normalized spacial score (nSPS) is 11.3. The van der Waals surface area contributed by atoms with E-state index in [1.54, 1.807) is 12.1 Å². The molecule has 6 rings (SSSR count). The predicted octanol–water partition coefficient (Wildman–Crippen LogP) is 6.08. The first-order chi connectivity index (χ1) is 19.8. The number of H-pyrrole nitrogens is 1. The zero-order valence-electron chi connectivity index (χ0n) is 21.4. The van der Waals surface area contributed by atoms with Gasteiger partial charge in [-0.3, -0.25) is 10.3 Å². The lowest BCUT2D eigenvalue weighted by Gasteiger charge is -2.10. The van der Waals surface area contributed by atoms with Crippen molar-refractivity contribution in [1.82, 2.24) is 19.9 Å². The maximum atomic E-state index is 15.1. The van der Waals surface area contributed by atoms with E-state index in [1.807, 2.05) is 19.1 Å². The van der Waals surface area contributed by atoms with Crippen molar-refractivity contribution in [2.24, 2.45) is 0 Å². The number of rotatable bonds is 7. The molecule has 0 atom stereocenters. The van der Waals surface area contributed by atoms with Crippen LogP contribution in [0.1, 0.15) is 5.56 Å². The molecule has 0 radical (unpaired) electrons. The number of nitrogens with one attached hydrogen (secondary N) is 2. The number of hydrogen-bond donors (Lipinski definition) is 2. The number of aromatic nitrogens is 4. The second-order valence-corrected chi connectivity index (χ2v) is 10.2. The first-order valence-corrected chi connectivity index (χ1v) is 13.3. The molecule has 14 heteroatoms. The van der Waals surface area contributed by atoms with Gasteiger partial charge in [0, 0.05) is 23.4 Å². The topological polar surface area (TPSA) is 141 Å². The Morgan fingerprint density at radius 2 is 2.02 bits per heavy atom. The predicted molar refractivity (Wildman–Crippen MR) is 152 cm³/mol. The third-order valence-electron chi connectivity index (χ3n) is 5.98. The second kappa shape index (κ2) is 10.7. The Morgan fingerprint density at radius 1 is 1.17 bits per heavy atom. The molecule has 41 heavy (non-hydrogen) atoms. The van der Waals surface area contributed by atoms with Gasteiger partial charge in [0.25, 0.3) is 0 Å². The van der Waals surface area contributed by atoms with Crippen molar-refractivity contribution in [1.29, 1.82) is 0 Å². The van der Waals surface area contributed by atoms with Crippen LogP contribution >= 0.6 is 22.9 Å². The highest BCUT2D eigenvalue weighted by molar-refractivity contribution is 7.21. The highest BCUT2D eigenvalue weighted by Gasteiger charge is 2.20. The highest BCUT2D eigenvalue weighted by atomic mass is 35.5. The molecule has 3 aromatic heterocycles. The SMILES string of the molecule is COc1cnc2c(-c3nc4c(Cl)c(F)c(OCCOC(=O)Nc5ccc6[nH]c(=O)oc6c5)cc4s3)cc(C)cc2n1. The summed E-state index contributed by atoms with van der Waals surface area (Å²) >= 11 is 7.64. The first kappa shape index (κ1) is 26.5. The van der Waals surface area contributed by atoms with E-state index in [1.165, 1.54) is 36.8 Å². The van der Waals surface area contributed by atoms with Gasteiger partial charge in [0.1, 0.15) is 28.8 Å².